The van der Waals surface area contributed by atoms with Crippen molar-refractivity contribution in [1.29, 1.82) is 0 Å². The summed E-state index contributed by atoms with van der Waals surface area (Å²) in [7, 11) is 0. The summed E-state index contributed by atoms with van der Waals surface area (Å²) < 4.78 is 2.18. The van der Waals surface area contributed by atoms with Crippen LogP contribution in [0.1, 0.15) is 51.8 Å². The molecule has 1 heterocycles. The first-order valence-corrected chi connectivity index (χ1v) is 5.58. The van der Waals surface area contributed by atoms with Gasteiger partial charge in [0.1, 0.15) is 11.6 Å². The topological polar surface area (TPSA) is 56.7 Å². The van der Waals surface area contributed by atoms with Gasteiger partial charge in [0.25, 0.3) is 0 Å². The highest BCUT2D eigenvalue weighted by atomic mass is 15.3. The molecule has 0 aliphatic heterocycles. The molecule has 2 N–H and O–H groups in total. The molecule has 0 bridgehead atoms. The first-order chi connectivity index (χ1) is 6.96. The summed E-state index contributed by atoms with van der Waals surface area (Å²) in [6.07, 6.45) is 0.981. The molecule has 86 valence electrons. The second-order valence-electron chi connectivity index (χ2n) is 4.65. The molecule has 4 nitrogen and oxygen atoms in total. The molecular formula is C11H22N4. The SMILES string of the molecule is CCC(C)(CN)c1nnc(C)n1C(C)C. The normalized spacial score (nSPS) is 15.7. The Labute approximate surface area is 91.9 Å². The second-order valence-corrected chi connectivity index (χ2v) is 4.65. The summed E-state index contributed by atoms with van der Waals surface area (Å²) in [5, 5.41) is 8.44. The van der Waals surface area contributed by atoms with E-state index in [0.29, 0.717) is 12.6 Å². The fraction of sp³-hybridized carbons (Fsp3) is 0.818. The molecule has 1 unspecified atom stereocenters. The Bertz CT molecular complexity index is 323. The number of aromatic nitrogens is 3. The molecule has 0 amide bonds. The van der Waals surface area contributed by atoms with E-state index in [-0.39, 0.29) is 5.41 Å². The Kier molecular flexibility index (Phi) is 3.50. The largest absolute Gasteiger partial charge is 0.329 e. The lowest BCUT2D eigenvalue weighted by molar-refractivity contribution is 0.397. The standard InChI is InChI=1S/C11H22N4/c1-6-11(5,7-12)10-14-13-9(4)15(10)8(2)3/h8H,6-7,12H2,1-5H3. The molecule has 0 aliphatic rings. The van der Waals surface area contributed by atoms with E-state index in [9.17, 15) is 0 Å². The van der Waals surface area contributed by atoms with E-state index in [1.807, 2.05) is 6.92 Å². The molecule has 1 atom stereocenters. The predicted octanol–water partition coefficient (Wildman–Crippen LogP) is 1.79. The monoisotopic (exact) mass is 210 g/mol. The minimum atomic E-state index is -0.0640. The third kappa shape index (κ3) is 2.04. The lowest BCUT2D eigenvalue weighted by Crippen LogP contribution is -2.35. The number of nitrogens with zero attached hydrogens (tertiary/aromatic N) is 3. The van der Waals surface area contributed by atoms with Crippen molar-refractivity contribution in [1.82, 2.24) is 14.8 Å². The molecule has 0 radical (unpaired) electrons. The molecule has 1 aromatic rings. The summed E-state index contributed by atoms with van der Waals surface area (Å²) in [6.45, 7) is 11.2. The average Bonchev–Trinajstić information content (AvgIpc) is 2.59. The molecular weight excluding hydrogens is 188 g/mol. The molecule has 1 aromatic heterocycles. The zero-order valence-electron chi connectivity index (χ0n) is 10.4. The lowest BCUT2D eigenvalue weighted by atomic mass is 9.86. The highest BCUT2D eigenvalue weighted by Gasteiger charge is 2.30. The van der Waals surface area contributed by atoms with Gasteiger partial charge >= 0.3 is 0 Å². The van der Waals surface area contributed by atoms with Gasteiger partial charge in [0.15, 0.2) is 0 Å². The molecule has 15 heavy (non-hydrogen) atoms. The number of hydrogen-bond donors (Lipinski definition) is 1. The smallest absolute Gasteiger partial charge is 0.140 e. The van der Waals surface area contributed by atoms with Crippen molar-refractivity contribution in [2.75, 3.05) is 6.54 Å². The highest BCUT2D eigenvalue weighted by Crippen LogP contribution is 2.27. The van der Waals surface area contributed by atoms with Crippen molar-refractivity contribution in [3.05, 3.63) is 11.6 Å². The third-order valence-corrected chi connectivity index (χ3v) is 3.15. The fourth-order valence-corrected chi connectivity index (χ4v) is 1.79. The Hall–Kier alpha value is -0.900. The van der Waals surface area contributed by atoms with E-state index in [4.69, 9.17) is 5.73 Å². The first kappa shape index (κ1) is 12.2. The first-order valence-electron chi connectivity index (χ1n) is 5.58. The van der Waals surface area contributed by atoms with Crippen LogP contribution in [0, 0.1) is 6.92 Å². The summed E-state index contributed by atoms with van der Waals surface area (Å²) in [6, 6.07) is 0.382. The van der Waals surface area contributed by atoms with Crippen molar-refractivity contribution in [3.8, 4) is 0 Å². The van der Waals surface area contributed by atoms with Crippen LogP contribution >= 0.6 is 0 Å². The van der Waals surface area contributed by atoms with Crippen molar-refractivity contribution in [3.63, 3.8) is 0 Å². The Morgan fingerprint density at radius 3 is 2.40 bits per heavy atom. The fourth-order valence-electron chi connectivity index (χ4n) is 1.79. The van der Waals surface area contributed by atoms with Gasteiger partial charge in [0.05, 0.1) is 0 Å². The van der Waals surface area contributed by atoms with Gasteiger partial charge in [-0.25, -0.2) is 0 Å². The maximum absolute atomic E-state index is 5.85. The molecule has 0 fully saturated rings. The number of rotatable bonds is 4. The van der Waals surface area contributed by atoms with E-state index < -0.39 is 0 Å². The van der Waals surface area contributed by atoms with Gasteiger partial charge in [-0.1, -0.05) is 13.8 Å². The number of aryl methyl sites for hydroxylation is 1. The van der Waals surface area contributed by atoms with Crippen LogP contribution < -0.4 is 5.73 Å². The van der Waals surface area contributed by atoms with Crippen LogP contribution in [0.2, 0.25) is 0 Å². The van der Waals surface area contributed by atoms with E-state index in [1.165, 1.54) is 0 Å². The van der Waals surface area contributed by atoms with Crippen LogP contribution in [0.15, 0.2) is 0 Å². The number of nitrogens with two attached hydrogens (primary N) is 1. The molecule has 0 aliphatic carbocycles. The maximum Gasteiger partial charge on any atom is 0.140 e. The van der Waals surface area contributed by atoms with Gasteiger partial charge in [0, 0.05) is 18.0 Å². The second kappa shape index (κ2) is 4.31. The molecule has 0 saturated heterocycles. The third-order valence-electron chi connectivity index (χ3n) is 3.15. The van der Waals surface area contributed by atoms with E-state index in [2.05, 4.69) is 42.5 Å². The zero-order valence-corrected chi connectivity index (χ0v) is 10.4. The van der Waals surface area contributed by atoms with Gasteiger partial charge in [-0.05, 0) is 27.2 Å². The molecule has 0 spiro atoms. The summed E-state index contributed by atoms with van der Waals surface area (Å²) in [5.74, 6) is 1.98. The van der Waals surface area contributed by atoms with Crippen molar-refractivity contribution >= 4 is 0 Å². The highest BCUT2D eigenvalue weighted by molar-refractivity contribution is 5.10. The summed E-state index contributed by atoms with van der Waals surface area (Å²) in [5.41, 5.74) is 5.78. The number of hydrogen-bond acceptors (Lipinski definition) is 3. The lowest BCUT2D eigenvalue weighted by Gasteiger charge is -2.27. The van der Waals surface area contributed by atoms with Crippen LogP contribution in [0.5, 0.6) is 0 Å². The maximum atomic E-state index is 5.85. The van der Waals surface area contributed by atoms with Gasteiger partial charge in [-0.15, -0.1) is 10.2 Å². The van der Waals surface area contributed by atoms with E-state index in [0.717, 1.165) is 18.1 Å². The molecule has 1 rings (SSSR count). The molecule has 0 aromatic carbocycles. The van der Waals surface area contributed by atoms with Crippen molar-refractivity contribution in [2.45, 2.75) is 52.5 Å². The molecule has 4 heteroatoms. The van der Waals surface area contributed by atoms with Crippen molar-refractivity contribution < 1.29 is 0 Å². The summed E-state index contributed by atoms with van der Waals surface area (Å²) >= 11 is 0. The van der Waals surface area contributed by atoms with Crippen LogP contribution in [-0.4, -0.2) is 21.3 Å². The zero-order chi connectivity index (χ0) is 11.6. The van der Waals surface area contributed by atoms with Crippen LogP contribution in [0.3, 0.4) is 0 Å². The van der Waals surface area contributed by atoms with Crippen LogP contribution in [0.25, 0.3) is 0 Å². The Morgan fingerprint density at radius 1 is 1.40 bits per heavy atom. The van der Waals surface area contributed by atoms with Crippen LogP contribution in [-0.2, 0) is 5.41 Å². The van der Waals surface area contributed by atoms with E-state index >= 15 is 0 Å². The summed E-state index contributed by atoms with van der Waals surface area (Å²) in [4.78, 5) is 0. The van der Waals surface area contributed by atoms with E-state index in [1.54, 1.807) is 0 Å². The van der Waals surface area contributed by atoms with Gasteiger partial charge in [0.2, 0.25) is 0 Å². The van der Waals surface area contributed by atoms with Gasteiger partial charge in [-0.2, -0.15) is 0 Å². The minimum Gasteiger partial charge on any atom is -0.329 e. The van der Waals surface area contributed by atoms with Crippen molar-refractivity contribution in [2.24, 2.45) is 5.73 Å². The Morgan fingerprint density at radius 2 is 2.00 bits per heavy atom. The Balaban J connectivity index is 3.24. The van der Waals surface area contributed by atoms with Gasteiger partial charge < -0.3 is 10.3 Å². The predicted molar refractivity (Wildman–Crippen MR) is 61.8 cm³/mol. The van der Waals surface area contributed by atoms with Gasteiger partial charge in [-0.3, -0.25) is 0 Å². The average molecular weight is 210 g/mol. The minimum absolute atomic E-state index is 0.0640. The van der Waals surface area contributed by atoms with Crippen LogP contribution in [0.4, 0.5) is 0 Å². The molecule has 0 saturated carbocycles. The quantitative estimate of drug-likeness (QED) is 0.824.